The molecule has 1 aliphatic rings. The summed E-state index contributed by atoms with van der Waals surface area (Å²) >= 11 is 0. The number of halogens is 3. The molecule has 5 nitrogen and oxygen atoms in total. The zero-order chi connectivity index (χ0) is 16.5. The van der Waals surface area contributed by atoms with Crippen LogP contribution in [0.2, 0.25) is 0 Å². The summed E-state index contributed by atoms with van der Waals surface area (Å²) < 4.78 is 42.9. The highest BCUT2D eigenvalue weighted by Gasteiger charge is 2.38. The molecule has 122 valence electrons. The van der Waals surface area contributed by atoms with Gasteiger partial charge in [0.2, 0.25) is 0 Å². The first-order valence-corrected chi connectivity index (χ1v) is 7.04. The predicted octanol–water partition coefficient (Wildman–Crippen LogP) is 3.20. The Bertz CT molecular complexity index is 548. The Morgan fingerprint density at radius 3 is 2.68 bits per heavy atom. The molecule has 0 spiro atoms. The molecular formula is C14H18F3N3O2. The maximum absolute atomic E-state index is 12.6. The summed E-state index contributed by atoms with van der Waals surface area (Å²) in [5.74, 6) is -1.07. The number of nitrogens with zero attached hydrogens (tertiary/aromatic N) is 3. The average Bonchev–Trinajstić information content (AvgIpc) is 2.80. The Morgan fingerprint density at radius 1 is 1.41 bits per heavy atom. The maximum Gasteiger partial charge on any atom is 0.415 e. The summed E-state index contributed by atoms with van der Waals surface area (Å²) in [6, 6.07) is 1.32. The number of anilines is 1. The largest absolute Gasteiger partial charge is 0.447 e. The molecule has 0 N–H and O–H groups in total. The Labute approximate surface area is 126 Å². The second-order valence-corrected chi connectivity index (χ2v) is 5.74. The van der Waals surface area contributed by atoms with Crippen LogP contribution in [0, 0.1) is 11.8 Å². The number of cyclic esters (lactones) is 1. The molecule has 1 saturated heterocycles. The van der Waals surface area contributed by atoms with Crippen LogP contribution in [0.3, 0.4) is 0 Å². The van der Waals surface area contributed by atoms with Crippen molar-refractivity contribution in [3.05, 3.63) is 18.1 Å². The molecule has 22 heavy (non-hydrogen) atoms. The van der Waals surface area contributed by atoms with Crippen molar-refractivity contribution in [1.29, 1.82) is 0 Å². The molecule has 1 aromatic rings. The van der Waals surface area contributed by atoms with Crippen LogP contribution < -0.4 is 4.90 Å². The van der Waals surface area contributed by atoms with Gasteiger partial charge in [-0.25, -0.2) is 14.8 Å². The molecule has 0 aromatic carbocycles. The molecule has 0 saturated carbocycles. The van der Waals surface area contributed by atoms with Gasteiger partial charge in [0.1, 0.15) is 18.2 Å². The second-order valence-electron chi connectivity index (χ2n) is 5.74. The lowest BCUT2D eigenvalue weighted by molar-refractivity contribution is -0.169. The normalized spacial score (nSPS) is 20.4. The van der Waals surface area contributed by atoms with Gasteiger partial charge in [0, 0.05) is 12.6 Å². The van der Waals surface area contributed by atoms with Crippen molar-refractivity contribution in [2.45, 2.75) is 39.4 Å². The third-order valence-corrected chi connectivity index (χ3v) is 3.66. The minimum Gasteiger partial charge on any atom is -0.447 e. The Kier molecular flexibility index (Phi) is 4.58. The van der Waals surface area contributed by atoms with E-state index in [1.807, 2.05) is 13.8 Å². The predicted molar refractivity (Wildman–Crippen MR) is 73.4 cm³/mol. The van der Waals surface area contributed by atoms with Crippen LogP contribution in [-0.2, 0) is 11.2 Å². The highest BCUT2D eigenvalue weighted by Crippen LogP contribution is 2.29. The average molecular weight is 317 g/mol. The van der Waals surface area contributed by atoms with Crippen molar-refractivity contribution in [2.24, 2.45) is 11.8 Å². The van der Waals surface area contributed by atoms with Gasteiger partial charge >= 0.3 is 12.3 Å². The Morgan fingerprint density at radius 2 is 2.09 bits per heavy atom. The molecule has 0 aliphatic carbocycles. The molecule has 2 heterocycles. The van der Waals surface area contributed by atoms with Crippen molar-refractivity contribution < 1.29 is 22.7 Å². The molecular weight excluding hydrogens is 299 g/mol. The number of rotatable bonds is 4. The first-order chi connectivity index (χ1) is 10.2. The van der Waals surface area contributed by atoms with E-state index in [9.17, 15) is 18.0 Å². The van der Waals surface area contributed by atoms with Gasteiger partial charge in [0.05, 0.1) is 12.0 Å². The van der Waals surface area contributed by atoms with E-state index in [1.54, 1.807) is 0 Å². The lowest BCUT2D eigenvalue weighted by Crippen LogP contribution is -2.38. The van der Waals surface area contributed by atoms with Gasteiger partial charge in [-0.15, -0.1) is 0 Å². The lowest BCUT2D eigenvalue weighted by Gasteiger charge is -2.23. The number of aromatic nitrogens is 2. The van der Waals surface area contributed by atoms with Gasteiger partial charge < -0.3 is 4.74 Å². The number of carbonyl (C=O) groups excluding carboxylic acids is 1. The van der Waals surface area contributed by atoms with E-state index in [-0.39, 0.29) is 36.6 Å². The number of amides is 1. The third-order valence-electron chi connectivity index (χ3n) is 3.66. The fourth-order valence-electron chi connectivity index (χ4n) is 2.20. The maximum atomic E-state index is 12.6. The van der Waals surface area contributed by atoms with Crippen molar-refractivity contribution in [1.82, 2.24) is 9.97 Å². The van der Waals surface area contributed by atoms with E-state index < -0.39 is 18.2 Å². The van der Waals surface area contributed by atoms with Crippen LogP contribution >= 0.6 is 0 Å². The summed E-state index contributed by atoms with van der Waals surface area (Å²) in [4.78, 5) is 21.2. The zero-order valence-electron chi connectivity index (χ0n) is 12.6. The van der Waals surface area contributed by atoms with Crippen LogP contribution in [0.25, 0.3) is 0 Å². The number of ether oxygens (including phenoxy) is 1. The van der Waals surface area contributed by atoms with E-state index in [2.05, 4.69) is 9.97 Å². The van der Waals surface area contributed by atoms with Crippen molar-refractivity contribution in [2.75, 3.05) is 11.5 Å². The van der Waals surface area contributed by atoms with Crippen LogP contribution in [0.1, 0.15) is 26.6 Å². The SMILES string of the molecule is CC(C)[C@H]1COC(=O)N1c1ccnc(C[C@H](C)C(F)(F)F)n1. The van der Waals surface area contributed by atoms with Gasteiger partial charge in [0.25, 0.3) is 0 Å². The summed E-state index contributed by atoms with van der Waals surface area (Å²) in [7, 11) is 0. The number of hydrogen-bond acceptors (Lipinski definition) is 4. The van der Waals surface area contributed by atoms with E-state index in [0.29, 0.717) is 0 Å². The molecule has 1 amide bonds. The van der Waals surface area contributed by atoms with Crippen LogP contribution in [0.5, 0.6) is 0 Å². The standard InChI is InChI=1S/C14H18F3N3O2/c1-8(2)10-7-22-13(21)20(10)12-4-5-18-11(19-12)6-9(3)14(15,16)17/h4-5,8-10H,6-7H2,1-3H3/t9-,10+/m0/s1. The molecule has 2 atom stereocenters. The highest BCUT2D eigenvalue weighted by atomic mass is 19.4. The molecule has 8 heteroatoms. The molecule has 2 rings (SSSR count). The summed E-state index contributed by atoms with van der Waals surface area (Å²) in [6.07, 6.45) is -3.80. The fraction of sp³-hybridized carbons (Fsp3) is 0.643. The van der Waals surface area contributed by atoms with Gasteiger partial charge in [-0.3, -0.25) is 4.90 Å². The fourth-order valence-corrected chi connectivity index (χ4v) is 2.20. The van der Waals surface area contributed by atoms with Crippen molar-refractivity contribution in [3.8, 4) is 0 Å². The first kappa shape index (κ1) is 16.5. The minimum absolute atomic E-state index is 0.0598. The summed E-state index contributed by atoms with van der Waals surface area (Å²) in [6.45, 7) is 5.20. The van der Waals surface area contributed by atoms with Crippen molar-refractivity contribution in [3.63, 3.8) is 0 Å². The Balaban J connectivity index is 2.22. The summed E-state index contributed by atoms with van der Waals surface area (Å²) in [5.41, 5.74) is 0. The second kappa shape index (κ2) is 6.10. The van der Waals surface area contributed by atoms with Crippen LogP contribution in [0.15, 0.2) is 12.3 Å². The third kappa shape index (κ3) is 3.48. The van der Waals surface area contributed by atoms with E-state index >= 15 is 0 Å². The highest BCUT2D eigenvalue weighted by molar-refractivity contribution is 5.89. The van der Waals surface area contributed by atoms with E-state index in [0.717, 1.165) is 6.92 Å². The van der Waals surface area contributed by atoms with Crippen LogP contribution in [0.4, 0.5) is 23.8 Å². The van der Waals surface area contributed by atoms with Crippen LogP contribution in [-0.4, -0.2) is 34.9 Å². The first-order valence-electron chi connectivity index (χ1n) is 7.04. The molecule has 1 aromatic heterocycles. The van der Waals surface area contributed by atoms with Crippen molar-refractivity contribution >= 4 is 11.9 Å². The lowest BCUT2D eigenvalue weighted by atomic mass is 10.0. The molecule has 0 unspecified atom stereocenters. The number of carbonyl (C=O) groups is 1. The molecule has 1 fully saturated rings. The quantitative estimate of drug-likeness (QED) is 0.856. The molecule has 1 aliphatic heterocycles. The number of alkyl halides is 3. The molecule has 0 radical (unpaired) electrons. The molecule has 0 bridgehead atoms. The van der Waals surface area contributed by atoms with Gasteiger partial charge in [-0.2, -0.15) is 13.2 Å². The van der Waals surface area contributed by atoms with E-state index in [4.69, 9.17) is 4.74 Å². The zero-order valence-corrected chi connectivity index (χ0v) is 12.6. The van der Waals surface area contributed by atoms with E-state index in [1.165, 1.54) is 17.2 Å². The van der Waals surface area contributed by atoms with Gasteiger partial charge in [-0.05, 0) is 12.0 Å². The monoisotopic (exact) mass is 317 g/mol. The smallest absolute Gasteiger partial charge is 0.415 e. The topological polar surface area (TPSA) is 55.3 Å². The number of hydrogen-bond donors (Lipinski definition) is 0. The Hall–Kier alpha value is -1.86. The minimum atomic E-state index is -4.30. The van der Waals surface area contributed by atoms with Gasteiger partial charge in [-0.1, -0.05) is 20.8 Å². The summed E-state index contributed by atoms with van der Waals surface area (Å²) in [5, 5.41) is 0. The van der Waals surface area contributed by atoms with Gasteiger partial charge in [0.15, 0.2) is 0 Å².